The van der Waals surface area contributed by atoms with E-state index >= 15 is 0 Å². The number of aliphatic hydroxyl groups is 1. The van der Waals surface area contributed by atoms with Crippen molar-refractivity contribution in [2.75, 3.05) is 27.4 Å². The Morgan fingerprint density at radius 3 is 2.50 bits per heavy atom. The number of hydrogen-bond acceptors (Lipinski definition) is 5. The minimum Gasteiger partial charge on any atom is -0.507 e. The molecule has 7 nitrogen and oxygen atoms in total. The van der Waals surface area contributed by atoms with Crippen LogP contribution in [-0.4, -0.2) is 54.1 Å². The predicted octanol–water partition coefficient (Wildman–Crippen LogP) is 5.24. The number of aliphatic hydroxyl groups excluding tert-OH is 1. The van der Waals surface area contributed by atoms with Crippen LogP contribution in [-0.2, 0) is 19.7 Å². The van der Waals surface area contributed by atoms with Crippen molar-refractivity contribution in [3.05, 3.63) is 70.4 Å². The van der Waals surface area contributed by atoms with Crippen molar-refractivity contribution in [3.8, 4) is 5.75 Å². The molecule has 2 N–H and O–H groups in total. The normalized spacial score (nSPS) is 17.8. The number of para-hydroxylation sites is 1. The molecule has 0 saturated carbocycles. The number of hydrogen-bond donors (Lipinski definition) is 2. The molecule has 3 aromatic rings. The first-order valence-corrected chi connectivity index (χ1v) is 12.1. The number of aryl methyl sites for hydroxylation is 1. The van der Waals surface area contributed by atoms with Crippen molar-refractivity contribution >= 4 is 28.4 Å². The molecule has 1 saturated heterocycles. The zero-order chi connectivity index (χ0) is 26.2. The summed E-state index contributed by atoms with van der Waals surface area (Å²) in [6.45, 7) is 8.90. The third-order valence-corrected chi connectivity index (χ3v) is 6.82. The van der Waals surface area contributed by atoms with Gasteiger partial charge in [0.1, 0.15) is 11.5 Å². The van der Waals surface area contributed by atoms with E-state index in [-0.39, 0.29) is 16.7 Å². The lowest BCUT2D eigenvalue weighted by atomic mass is 9.85. The molecular formula is C29H34N2O5. The molecule has 1 aromatic heterocycles. The molecule has 190 valence electrons. The van der Waals surface area contributed by atoms with E-state index in [2.05, 4.69) is 25.8 Å². The summed E-state index contributed by atoms with van der Waals surface area (Å²) in [5, 5.41) is 12.6. The van der Waals surface area contributed by atoms with Crippen molar-refractivity contribution < 1.29 is 24.2 Å². The van der Waals surface area contributed by atoms with Gasteiger partial charge in [0.15, 0.2) is 0 Å². The predicted molar refractivity (Wildman–Crippen MR) is 140 cm³/mol. The first kappa shape index (κ1) is 25.5. The quantitative estimate of drug-likeness (QED) is 0.205. The summed E-state index contributed by atoms with van der Waals surface area (Å²) in [6, 6.07) is 12.6. The van der Waals surface area contributed by atoms with Crippen molar-refractivity contribution in [2.24, 2.45) is 0 Å². The number of Topliss-reactive ketones (excluding diaryl/α,β-unsaturated/α-hetero) is 1. The molecular weight excluding hydrogens is 456 g/mol. The Balaban J connectivity index is 1.99. The lowest BCUT2D eigenvalue weighted by Crippen LogP contribution is -2.31. The largest absolute Gasteiger partial charge is 0.507 e. The SMILES string of the molecule is COCCCN1C(=O)C(=O)/C(=C(/O)c2cc(C(C)(C)C)ccc2OC)C1c1c(C)[nH]c2ccccc12. The molecule has 0 aliphatic carbocycles. The second-order valence-corrected chi connectivity index (χ2v) is 10.2. The average Bonchev–Trinajstić information content (AvgIpc) is 3.30. The fourth-order valence-corrected chi connectivity index (χ4v) is 4.95. The molecule has 0 radical (unpaired) electrons. The van der Waals surface area contributed by atoms with Gasteiger partial charge in [-0.1, -0.05) is 45.0 Å². The number of aromatic nitrogens is 1. The van der Waals surface area contributed by atoms with Gasteiger partial charge >= 0.3 is 0 Å². The summed E-state index contributed by atoms with van der Waals surface area (Å²) in [6.07, 6.45) is 0.560. The monoisotopic (exact) mass is 490 g/mol. The van der Waals surface area contributed by atoms with Crippen LogP contribution in [0.5, 0.6) is 5.75 Å². The second kappa shape index (κ2) is 9.82. The Morgan fingerprint density at radius 1 is 1.11 bits per heavy atom. The first-order chi connectivity index (χ1) is 17.1. The number of H-pyrrole nitrogens is 1. The molecule has 2 aromatic carbocycles. The smallest absolute Gasteiger partial charge is 0.295 e. The third kappa shape index (κ3) is 4.39. The maximum absolute atomic E-state index is 13.5. The van der Waals surface area contributed by atoms with Gasteiger partial charge in [-0.2, -0.15) is 0 Å². The number of fused-ring (bicyclic) bond motifs is 1. The number of nitrogens with one attached hydrogen (secondary N) is 1. The highest BCUT2D eigenvalue weighted by Crippen LogP contribution is 2.44. The summed E-state index contributed by atoms with van der Waals surface area (Å²) in [7, 11) is 3.12. The number of benzene rings is 2. The van der Waals surface area contributed by atoms with Gasteiger partial charge in [0.25, 0.3) is 11.7 Å². The Hall–Kier alpha value is -3.58. The van der Waals surface area contributed by atoms with Gasteiger partial charge in [0.05, 0.1) is 24.3 Å². The second-order valence-electron chi connectivity index (χ2n) is 10.2. The van der Waals surface area contributed by atoms with E-state index in [0.29, 0.717) is 30.9 Å². The Kier molecular flexibility index (Phi) is 6.96. The number of likely N-dealkylation sites (tertiary alicyclic amines) is 1. The van der Waals surface area contributed by atoms with Gasteiger partial charge in [-0.3, -0.25) is 9.59 Å². The fraction of sp³-hybridized carbons (Fsp3) is 0.379. The highest BCUT2D eigenvalue weighted by Gasteiger charge is 2.47. The lowest BCUT2D eigenvalue weighted by Gasteiger charge is -2.26. The molecule has 36 heavy (non-hydrogen) atoms. The van der Waals surface area contributed by atoms with Gasteiger partial charge in [0.2, 0.25) is 0 Å². The zero-order valence-corrected chi connectivity index (χ0v) is 21.8. The topological polar surface area (TPSA) is 91.9 Å². The number of carbonyl (C=O) groups excluding carboxylic acids is 2. The van der Waals surface area contributed by atoms with E-state index in [1.165, 1.54) is 7.11 Å². The highest BCUT2D eigenvalue weighted by molar-refractivity contribution is 6.46. The molecule has 1 amide bonds. The number of aromatic amines is 1. The number of methoxy groups -OCH3 is 2. The van der Waals surface area contributed by atoms with Crippen LogP contribution in [0.1, 0.15) is 55.6 Å². The summed E-state index contributed by atoms with van der Waals surface area (Å²) in [5.74, 6) is -1.14. The van der Waals surface area contributed by atoms with Gasteiger partial charge in [0, 0.05) is 42.4 Å². The molecule has 0 spiro atoms. The average molecular weight is 491 g/mol. The van der Waals surface area contributed by atoms with Crippen LogP contribution >= 0.6 is 0 Å². The van der Waals surface area contributed by atoms with Gasteiger partial charge in [-0.25, -0.2) is 0 Å². The van der Waals surface area contributed by atoms with Gasteiger partial charge < -0.3 is 24.5 Å². The standard InChI is InChI=1S/C29H34N2O5/c1-17-23(19-10-7-8-11-21(19)30-17)25-24(27(33)28(34)31(25)14-9-15-35-5)26(32)20-16-18(29(2,3)4)12-13-22(20)36-6/h7-8,10-13,16,25,30,32H,9,14-15H2,1-6H3/b26-24+. The number of ketones is 1. The van der Waals surface area contributed by atoms with Crippen LogP contribution in [0.25, 0.3) is 16.7 Å². The van der Waals surface area contributed by atoms with E-state index in [0.717, 1.165) is 27.7 Å². The minimum atomic E-state index is -0.749. The van der Waals surface area contributed by atoms with E-state index < -0.39 is 17.7 Å². The first-order valence-electron chi connectivity index (χ1n) is 12.1. The summed E-state index contributed by atoms with van der Waals surface area (Å²) in [5.41, 5.74) is 3.77. The number of ether oxygens (including phenoxy) is 2. The summed E-state index contributed by atoms with van der Waals surface area (Å²) in [4.78, 5) is 31.8. The van der Waals surface area contributed by atoms with E-state index in [4.69, 9.17) is 9.47 Å². The molecule has 1 aliphatic heterocycles. The number of carbonyl (C=O) groups is 2. The van der Waals surface area contributed by atoms with Crippen LogP contribution in [0.15, 0.2) is 48.0 Å². The zero-order valence-electron chi connectivity index (χ0n) is 21.8. The van der Waals surface area contributed by atoms with E-state index in [1.54, 1.807) is 18.1 Å². The molecule has 4 rings (SSSR count). The van der Waals surface area contributed by atoms with Crippen molar-refractivity contribution in [1.29, 1.82) is 0 Å². The molecule has 0 bridgehead atoms. The number of rotatable bonds is 7. The van der Waals surface area contributed by atoms with Crippen molar-refractivity contribution in [1.82, 2.24) is 9.88 Å². The summed E-state index contributed by atoms with van der Waals surface area (Å²) < 4.78 is 10.8. The minimum absolute atomic E-state index is 0.0645. The van der Waals surface area contributed by atoms with Crippen LogP contribution in [0.2, 0.25) is 0 Å². The maximum atomic E-state index is 13.5. The van der Waals surface area contributed by atoms with Gasteiger partial charge in [-0.05, 0) is 42.5 Å². The van der Waals surface area contributed by atoms with Crippen molar-refractivity contribution in [3.63, 3.8) is 0 Å². The van der Waals surface area contributed by atoms with Crippen LogP contribution < -0.4 is 4.74 Å². The van der Waals surface area contributed by atoms with E-state index in [1.807, 2.05) is 43.3 Å². The van der Waals surface area contributed by atoms with E-state index in [9.17, 15) is 14.7 Å². The molecule has 1 fully saturated rings. The molecule has 1 aliphatic rings. The Morgan fingerprint density at radius 2 is 1.83 bits per heavy atom. The lowest BCUT2D eigenvalue weighted by molar-refractivity contribution is -0.140. The molecule has 1 unspecified atom stereocenters. The number of nitrogens with zero attached hydrogens (tertiary/aromatic N) is 1. The van der Waals surface area contributed by atoms with Crippen LogP contribution in [0, 0.1) is 6.92 Å². The third-order valence-electron chi connectivity index (χ3n) is 6.82. The van der Waals surface area contributed by atoms with Crippen molar-refractivity contribution in [2.45, 2.75) is 45.6 Å². The maximum Gasteiger partial charge on any atom is 0.295 e. The molecule has 1 atom stereocenters. The summed E-state index contributed by atoms with van der Waals surface area (Å²) >= 11 is 0. The van der Waals surface area contributed by atoms with Crippen LogP contribution in [0.3, 0.4) is 0 Å². The van der Waals surface area contributed by atoms with Crippen LogP contribution in [0.4, 0.5) is 0 Å². The number of amides is 1. The molecule has 7 heteroatoms. The Labute approximate surface area is 211 Å². The Bertz CT molecular complexity index is 1350. The fourth-order valence-electron chi connectivity index (χ4n) is 4.95. The molecule has 2 heterocycles. The highest BCUT2D eigenvalue weighted by atomic mass is 16.5. The van der Waals surface area contributed by atoms with Gasteiger partial charge in [-0.15, -0.1) is 0 Å².